The van der Waals surface area contributed by atoms with Gasteiger partial charge in [0.05, 0.1) is 6.04 Å². The largest absolute Gasteiger partial charge is 0.354 e. The summed E-state index contributed by atoms with van der Waals surface area (Å²) in [5, 5.41) is 6.12. The van der Waals surface area contributed by atoms with E-state index >= 15 is 0 Å². The van der Waals surface area contributed by atoms with Crippen molar-refractivity contribution in [1.29, 1.82) is 0 Å². The zero-order valence-electron chi connectivity index (χ0n) is 13.0. The van der Waals surface area contributed by atoms with Crippen LogP contribution in [0.2, 0.25) is 0 Å². The Balaban J connectivity index is 1.78. The molecule has 0 spiro atoms. The molecule has 2 rings (SSSR count). The Kier molecular flexibility index (Phi) is 5.19. The third-order valence-electron chi connectivity index (χ3n) is 4.26. The summed E-state index contributed by atoms with van der Waals surface area (Å²) in [7, 11) is 0. The number of likely N-dealkylation sites (tertiary alicyclic amines) is 1. The summed E-state index contributed by atoms with van der Waals surface area (Å²) in [4.78, 5) is 25.5. The molecule has 0 aromatic heterocycles. The van der Waals surface area contributed by atoms with Crippen molar-refractivity contribution in [3.63, 3.8) is 0 Å². The number of rotatable bonds is 4. The van der Waals surface area contributed by atoms with Gasteiger partial charge in [-0.05, 0) is 52.0 Å². The van der Waals surface area contributed by atoms with Crippen LogP contribution in [-0.2, 0) is 9.59 Å². The van der Waals surface area contributed by atoms with E-state index in [-0.39, 0.29) is 17.9 Å². The highest BCUT2D eigenvalue weighted by molar-refractivity contribution is 5.84. The quantitative estimate of drug-likeness (QED) is 0.809. The Morgan fingerprint density at radius 3 is 2.71 bits per heavy atom. The van der Waals surface area contributed by atoms with Gasteiger partial charge < -0.3 is 15.5 Å². The van der Waals surface area contributed by atoms with Crippen LogP contribution in [0.25, 0.3) is 0 Å². The minimum Gasteiger partial charge on any atom is -0.354 e. The van der Waals surface area contributed by atoms with E-state index in [1.54, 1.807) is 4.90 Å². The first-order valence-corrected chi connectivity index (χ1v) is 7.87. The molecule has 0 aliphatic carbocycles. The Labute approximate surface area is 125 Å². The molecule has 2 saturated heterocycles. The van der Waals surface area contributed by atoms with Crippen molar-refractivity contribution in [3.8, 4) is 0 Å². The highest BCUT2D eigenvalue weighted by Crippen LogP contribution is 2.21. The minimum atomic E-state index is -1.82. The molecule has 2 amide bonds. The first-order valence-electron chi connectivity index (χ1n) is 7.87. The van der Waals surface area contributed by atoms with E-state index in [4.69, 9.17) is 0 Å². The van der Waals surface area contributed by atoms with Crippen LogP contribution in [0.4, 0.5) is 4.39 Å². The number of amides is 2. The fourth-order valence-electron chi connectivity index (χ4n) is 3.07. The van der Waals surface area contributed by atoms with Gasteiger partial charge in [-0.3, -0.25) is 9.59 Å². The van der Waals surface area contributed by atoms with Crippen molar-refractivity contribution >= 4 is 11.8 Å². The summed E-state index contributed by atoms with van der Waals surface area (Å²) < 4.78 is 13.7. The van der Waals surface area contributed by atoms with E-state index < -0.39 is 11.6 Å². The summed E-state index contributed by atoms with van der Waals surface area (Å²) in [6, 6.07) is -0.0731. The maximum absolute atomic E-state index is 13.7. The molecule has 2 heterocycles. The Morgan fingerprint density at radius 1 is 1.33 bits per heavy atom. The highest BCUT2D eigenvalue weighted by Gasteiger charge is 2.34. The molecule has 2 aliphatic heterocycles. The third-order valence-corrected chi connectivity index (χ3v) is 4.26. The summed E-state index contributed by atoms with van der Waals surface area (Å²) in [5.74, 6) is -0.187. The van der Waals surface area contributed by atoms with Crippen molar-refractivity contribution in [2.75, 3.05) is 26.2 Å². The molecule has 2 fully saturated rings. The van der Waals surface area contributed by atoms with Gasteiger partial charge in [0, 0.05) is 19.6 Å². The van der Waals surface area contributed by atoms with Crippen LogP contribution in [0.15, 0.2) is 0 Å². The lowest BCUT2D eigenvalue weighted by atomic mass is 9.96. The fourth-order valence-corrected chi connectivity index (χ4v) is 3.07. The van der Waals surface area contributed by atoms with Crippen molar-refractivity contribution < 1.29 is 14.0 Å². The van der Waals surface area contributed by atoms with Crippen molar-refractivity contribution in [3.05, 3.63) is 0 Å². The smallest absolute Gasteiger partial charge is 0.259 e. The van der Waals surface area contributed by atoms with Crippen molar-refractivity contribution in [1.82, 2.24) is 15.5 Å². The summed E-state index contributed by atoms with van der Waals surface area (Å²) >= 11 is 0. The molecular formula is C15H26FN3O2. The van der Waals surface area contributed by atoms with Gasteiger partial charge in [0.25, 0.3) is 5.91 Å². The van der Waals surface area contributed by atoms with E-state index in [0.29, 0.717) is 19.6 Å². The lowest BCUT2D eigenvalue weighted by Crippen LogP contribution is -2.50. The Hall–Kier alpha value is -1.17. The Morgan fingerprint density at radius 2 is 2.10 bits per heavy atom. The molecule has 2 atom stereocenters. The number of hydrogen-bond donors (Lipinski definition) is 2. The van der Waals surface area contributed by atoms with Crippen molar-refractivity contribution in [2.24, 2.45) is 5.92 Å². The van der Waals surface area contributed by atoms with E-state index in [1.807, 2.05) is 0 Å². The first kappa shape index (κ1) is 16.2. The zero-order chi connectivity index (χ0) is 15.5. The number of carbonyl (C=O) groups excluding carboxylic acids is 2. The number of nitrogens with one attached hydrogen (secondary N) is 2. The number of alkyl halides is 1. The molecule has 5 nitrogen and oxygen atoms in total. The monoisotopic (exact) mass is 299 g/mol. The molecule has 0 aromatic carbocycles. The van der Waals surface area contributed by atoms with Crippen LogP contribution < -0.4 is 10.6 Å². The van der Waals surface area contributed by atoms with Crippen molar-refractivity contribution in [2.45, 2.75) is 51.2 Å². The van der Waals surface area contributed by atoms with Crippen LogP contribution in [0.1, 0.15) is 39.5 Å². The summed E-state index contributed by atoms with van der Waals surface area (Å²) in [5.41, 5.74) is -1.82. The maximum atomic E-state index is 13.7. The van der Waals surface area contributed by atoms with E-state index in [0.717, 1.165) is 32.2 Å². The summed E-state index contributed by atoms with van der Waals surface area (Å²) in [6.07, 6.45) is 3.76. The van der Waals surface area contributed by atoms with Gasteiger partial charge in [-0.1, -0.05) is 0 Å². The van der Waals surface area contributed by atoms with Crippen LogP contribution in [-0.4, -0.2) is 54.6 Å². The van der Waals surface area contributed by atoms with Gasteiger partial charge in [-0.15, -0.1) is 0 Å². The lowest BCUT2D eigenvalue weighted by Gasteiger charge is -2.35. The van der Waals surface area contributed by atoms with Crippen LogP contribution >= 0.6 is 0 Å². The van der Waals surface area contributed by atoms with Gasteiger partial charge in [0.1, 0.15) is 0 Å². The highest BCUT2D eigenvalue weighted by atomic mass is 19.1. The molecule has 0 unspecified atom stereocenters. The number of piperidine rings is 1. The molecule has 120 valence electrons. The molecule has 2 aliphatic rings. The SMILES string of the molecule is CC(C)(F)C(=O)N1CCC[C@H](CNC(=O)[C@@H]2CCCN2)C1. The Bertz CT molecular complexity index is 389. The second-order valence-corrected chi connectivity index (χ2v) is 6.63. The van der Waals surface area contributed by atoms with Gasteiger partial charge in [-0.25, -0.2) is 4.39 Å². The molecule has 2 N–H and O–H groups in total. The minimum absolute atomic E-state index is 0.0433. The standard InChI is InChI=1S/C15H26FN3O2/c1-15(2,16)14(21)19-8-4-5-11(10-19)9-18-13(20)12-6-3-7-17-12/h11-12,17H,3-10H2,1-2H3,(H,18,20)/t11-,12+/m1/s1. The molecule has 0 radical (unpaired) electrons. The average Bonchev–Trinajstić information content (AvgIpc) is 2.97. The predicted molar refractivity (Wildman–Crippen MR) is 78.5 cm³/mol. The second-order valence-electron chi connectivity index (χ2n) is 6.63. The normalized spacial score (nSPS) is 26.7. The van der Waals surface area contributed by atoms with Gasteiger partial charge >= 0.3 is 0 Å². The van der Waals surface area contributed by atoms with E-state index in [1.165, 1.54) is 13.8 Å². The third kappa shape index (κ3) is 4.40. The van der Waals surface area contributed by atoms with Crippen LogP contribution in [0, 0.1) is 5.92 Å². The number of carbonyl (C=O) groups is 2. The number of hydrogen-bond acceptors (Lipinski definition) is 3. The molecule has 0 saturated carbocycles. The molecular weight excluding hydrogens is 273 g/mol. The average molecular weight is 299 g/mol. The second kappa shape index (κ2) is 6.73. The number of nitrogens with zero attached hydrogens (tertiary/aromatic N) is 1. The summed E-state index contributed by atoms with van der Waals surface area (Å²) in [6.45, 7) is 5.20. The zero-order valence-corrected chi connectivity index (χ0v) is 13.0. The van der Waals surface area contributed by atoms with Gasteiger partial charge in [0.2, 0.25) is 5.91 Å². The van der Waals surface area contributed by atoms with Crippen LogP contribution in [0.5, 0.6) is 0 Å². The fraction of sp³-hybridized carbons (Fsp3) is 0.867. The van der Waals surface area contributed by atoms with Crippen LogP contribution in [0.3, 0.4) is 0 Å². The van der Waals surface area contributed by atoms with E-state index in [9.17, 15) is 14.0 Å². The molecule has 0 bridgehead atoms. The maximum Gasteiger partial charge on any atom is 0.259 e. The number of halogens is 1. The molecule has 6 heteroatoms. The van der Waals surface area contributed by atoms with E-state index in [2.05, 4.69) is 10.6 Å². The lowest BCUT2D eigenvalue weighted by molar-refractivity contribution is -0.143. The topological polar surface area (TPSA) is 61.4 Å². The molecule has 0 aromatic rings. The first-order chi connectivity index (χ1) is 9.88. The van der Waals surface area contributed by atoms with Gasteiger partial charge in [-0.2, -0.15) is 0 Å². The van der Waals surface area contributed by atoms with Gasteiger partial charge in [0.15, 0.2) is 5.67 Å². The molecule has 21 heavy (non-hydrogen) atoms. The predicted octanol–water partition coefficient (Wildman–Crippen LogP) is 0.841.